The molecule has 0 radical (unpaired) electrons. The maximum absolute atomic E-state index is 12.4. The van der Waals surface area contributed by atoms with E-state index in [2.05, 4.69) is 0 Å². The fourth-order valence-corrected chi connectivity index (χ4v) is 4.02. The van der Waals surface area contributed by atoms with Gasteiger partial charge in [-0.3, -0.25) is 4.79 Å². The van der Waals surface area contributed by atoms with E-state index in [0.29, 0.717) is 12.8 Å². The van der Waals surface area contributed by atoms with Crippen molar-refractivity contribution in [3.63, 3.8) is 0 Å². The first kappa shape index (κ1) is 14.4. The molecule has 17 heavy (non-hydrogen) atoms. The Bertz CT molecular complexity index is 386. The molecule has 0 heterocycles. The summed E-state index contributed by atoms with van der Waals surface area (Å²) >= 11 is 0. The third-order valence-electron chi connectivity index (χ3n) is 2.94. The van der Waals surface area contributed by atoms with Crippen molar-refractivity contribution in [3.8, 4) is 0 Å². The number of methoxy groups -OCH3 is 1. The van der Waals surface area contributed by atoms with Gasteiger partial charge in [-0.1, -0.05) is 0 Å². The summed E-state index contributed by atoms with van der Waals surface area (Å²) in [6.07, 6.45) is 1.07. The highest BCUT2D eigenvalue weighted by Crippen LogP contribution is 2.45. The number of sulfonamides is 1. The van der Waals surface area contributed by atoms with Crippen LogP contribution >= 0.6 is 0 Å². The Morgan fingerprint density at radius 1 is 1.47 bits per heavy atom. The van der Waals surface area contributed by atoms with Crippen molar-refractivity contribution in [2.75, 3.05) is 20.3 Å². The molecular formula is C10H19NO5S. The van der Waals surface area contributed by atoms with Crippen molar-refractivity contribution in [2.24, 2.45) is 0 Å². The molecular weight excluding hydrogens is 246 g/mol. The monoisotopic (exact) mass is 265 g/mol. The van der Waals surface area contributed by atoms with Crippen LogP contribution in [0.15, 0.2) is 0 Å². The van der Waals surface area contributed by atoms with Gasteiger partial charge >= 0.3 is 5.97 Å². The molecule has 100 valence electrons. The number of aliphatic carboxylic acids is 1. The second kappa shape index (κ2) is 4.91. The minimum absolute atomic E-state index is 0.123. The summed E-state index contributed by atoms with van der Waals surface area (Å²) in [5.74, 6) is -1.14. The van der Waals surface area contributed by atoms with Gasteiger partial charge in [-0.25, -0.2) is 8.42 Å². The molecule has 0 aliphatic heterocycles. The molecule has 0 bridgehead atoms. The summed E-state index contributed by atoms with van der Waals surface area (Å²) in [5.41, 5.74) is 0. The van der Waals surface area contributed by atoms with Crippen molar-refractivity contribution >= 4 is 16.0 Å². The van der Waals surface area contributed by atoms with Crippen molar-refractivity contribution < 1.29 is 23.1 Å². The SMILES string of the molecule is COCC1(S(=O)(=O)N(CC(=O)O)C(C)C)CC1. The zero-order chi connectivity index (χ0) is 13.3. The molecule has 1 fully saturated rings. The molecule has 0 aromatic heterocycles. The third kappa shape index (κ3) is 2.78. The van der Waals surface area contributed by atoms with E-state index in [1.165, 1.54) is 7.11 Å². The third-order valence-corrected chi connectivity index (χ3v) is 5.73. The van der Waals surface area contributed by atoms with E-state index in [9.17, 15) is 13.2 Å². The van der Waals surface area contributed by atoms with Crippen LogP contribution in [0.1, 0.15) is 26.7 Å². The zero-order valence-electron chi connectivity index (χ0n) is 10.3. The quantitative estimate of drug-likeness (QED) is 0.715. The highest BCUT2D eigenvalue weighted by molar-refractivity contribution is 7.90. The second-order valence-corrected chi connectivity index (χ2v) is 6.94. The maximum atomic E-state index is 12.4. The van der Waals surface area contributed by atoms with Crippen LogP contribution in [0.4, 0.5) is 0 Å². The van der Waals surface area contributed by atoms with Gasteiger partial charge in [-0.05, 0) is 26.7 Å². The second-order valence-electron chi connectivity index (χ2n) is 4.65. The summed E-state index contributed by atoms with van der Waals surface area (Å²) in [4.78, 5) is 10.7. The van der Waals surface area contributed by atoms with Crippen molar-refractivity contribution in [1.82, 2.24) is 4.31 Å². The fraction of sp³-hybridized carbons (Fsp3) is 0.900. The van der Waals surface area contributed by atoms with Gasteiger partial charge < -0.3 is 9.84 Å². The predicted octanol–water partition coefficient (Wildman–Crippen LogP) is 0.290. The van der Waals surface area contributed by atoms with E-state index in [0.717, 1.165) is 4.31 Å². The fourth-order valence-electron chi connectivity index (χ4n) is 1.81. The Labute approximate surface area is 102 Å². The van der Waals surface area contributed by atoms with Crippen LogP contribution in [0.2, 0.25) is 0 Å². The number of ether oxygens (including phenoxy) is 1. The largest absolute Gasteiger partial charge is 0.480 e. The Morgan fingerprint density at radius 3 is 2.29 bits per heavy atom. The molecule has 0 unspecified atom stereocenters. The summed E-state index contributed by atoms with van der Waals surface area (Å²) in [6, 6.07) is -0.370. The lowest BCUT2D eigenvalue weighted by Gasteiger charge is -2.28. The highest BCUT2D eigenvalue weighted by Gasteiger charge is 2.57. The van der Waals surface area contributed by atoms with E-state index in [1.807, 2.05) is 0 Å². The first-order valence-corrected chi connectivity index (χ1v) is 6.93. The number of hydrogen-bond acceptors (Lipinski definition) is 4. The molecule has 0 saturated heterocycles. The predicted molar refractivity (Wildman–Crippen MR) is 62.2 cm³/mol. The first-order valence-electron chi connectivity index (χ1n) is 5.49. The summed E-state index contributed by atoms with van der Waals surface area (Å²) in [7, 11) is -2.17. The molecule has 1 N–H and O–H groups in total. The van der Waals surface area contributed by atoms with Gasteiger partial charge in [-0.15, -0.1) is 0 Å². The Kier molecular flexibility index (Phi) is 4.16. The Balaban J connectivity index is 2.97. The van der Waals surface area contributed by atoms with Crippen LogP contribution in [0.25, 0.3) is 0 Å². The number of carboxylic acid groups (broad SMARTS) is 1. The van der Waals surface area contributed by atoms with Crippen LogP contribution in [0.3, 0.4) is 0 Å². The van der Waals surface area contributed by atoms with Gasteiger partial charge in [0.15, 0.2) is 0 Å². The van der Waals surface area contributed by atoms with E-state index >= 15 is 0 Å². The minimum atomic E-state index is -3.62. The van der Waals surface area contributed by atoms with Crippen molar-refractivity contribution in [3.05, 3.63) is 0 Å². The van der Waals surface area contributed by atoms with Crippen molar-refractivity contribution in [2.45, 2.75) is 37.5 Å². The van der Waals surface area contributed by atoms with E-state index < -0.39 is 27.3 Å². The molecule has 1 aliphatic carbocycles. The summed E-state index contributed by atoms with van der Waals surface area (Å²) < 4.78 is 29.8. The Morgan fingerprint density at radius 2 is 2.00 bits per heavy atom. The van der Waals surface area contributed by atoms with E-state index in [4.69, 9.17) is 9.84 Å². The number of carbonyl (C=O) groups is 1. The lowest BCUT2D eigenvalue weighted by molar-refractivity contribution is -0.137. The molecule has 1 saturated carbocycles. The van der Waals surface area contributed by atoms with Gasteiger partial charge in [0.25, 0.3) is 0 Å². The maximum Gasteiger partial charge on any atom is 0.318 e. The smallest absolute Gasteiger partial charge is 0.318 e. The molecule has 0 amide bonds. The lowest BCUT2D eigenvalue weighted by atomic mass is 10.4. The minimum Gasteiger partial charge on any atom is -0.480 e. The zero-order valence-corrected chi connectivity index (χ0v) is 11.2. The summed E-state index contributed by atoms with van der Waals surface area (Å²) in [5, 5.41) is 8.77. The topological polar surface area (TPSA) is 83.9 Å². The Hall–Kier alpha value is -0.660. The number of hydrogen-bond donors (Lipinski definition) is 1. The molecule has 7 heteroatoms. The standard InChI is InChI=1S/C10H19NO5S/c1-8(2)11(6-9(12)13)17(14,15)10(4-5-10)7-16-3/h8H,4-7H2,1-3H3,(H,12,13). The molecule has 0 atom stereocenters. The van der Waals surface area contributed by atoms with Crippen LogP contribution in [-0.4, -0.2) is 54.8 Å². The molecule has 0 aromatic rings. The molecule has 0 aromatic carbocycles. The van der Waals surface area contributed by atoms with Gasteiger partial charge in [0.2, 0.25) is 10.0 Å². The first-order chi connectivity index (χ1) is 7.77. The normalized spacial score (nSPS) is 18.6. The highest BCUT2D eigenvalue weighted by atomic mass is 32.2. The molecule has 0 spiro atoms. The van der Waals surface area contributed by atoms with Crippen molar-refractivity contribution in [1.29, 1.82) is 0 Å². The van der Waals surface area contributed by atoms with E-state index in [1.54, 1.807) is 13.8 Å². The number of nitrogens with zero attached hydrogens (tertiary/aromatic N) is 1. The molecule has 1 rings (SSSR count). The average molecular weight is 265 g/mol. The summed E-state index contributed by atoms with van der Waals surface area (Å²) in [6.45, 7) is 2.97. The van der Waals surface area contributed by atoms with Crippen LogP contribution in [0.5, 0.6) is 0 Å². The van der Waals surface area contributed by atoms with Crippen LogP contribution < -0.4 is 0 Å². The number of carboxylic acids is 1. The average Bonchev–Trinajstić information content (AvgIpc) is 2.95. The van der Waals surface area contributed by atoms with Gasteiger partial charge in [-0.2, -0.15) is 4.31 Å². The van der Waals surface area contributed by atoms with Crippen LogP contribution in [0, 0.1) is 0 Å². The van der Waals surface area contributed by atoms with Crippen LogP contribution in [-0.2, 0) is 19.6 Å². The molecule has 6 nitrogen and oxygen atoms in total. The molecule has 1 aliphatic rings. The van der Waals surface area contributed by atoms with Gasteiger partial charge in [0.1, 0.15) is 11.3 Å². The lowest BCUT2D eigenvalue weighted by Crippen LogP contribution is -2.48. The van der Waals surface area contributed by atoms with Gasteiger partial charge in [0.05, 0.1) is 6.61 Å². The van der Waals surface area contributed by atoms with Gasteiger partial charge in [0, 0.05) is 13.2 Å². The van der Waals surface area contributed by atoms with E-state index in [-0.39, 0.29) is 12.6 Å². The number of rotatable bonds is 7.